The molecule has 0 aliphatic heterocycles. The molecule has 3 nitrogen and oxygen atoms in total. The summed E-state index contributed by atoms with van der Waals surface area (Å²) in [5.74, 6) is 0. The van der Waals surface area contributed by atoms with Gasteiger partial charge in [-0.05, 0) is 12.5 Å². The predicted molar refractivity (Wildman–Crippen MR) is 63.7 cm³/mol. The summed E-state index contributed by atoms with van der Waals surface area (Å²) >= 11 is 0. The van der Waals surface area contributed by atoms with Gasteiger partial charge < -0.3 is 5.32 Å². The lowest BCUT2D eigenvalue weighted by Crippen LogP contribution is -2.18. The van der Waals surface area contributed by atoms with Crippen LogP contribution in [0.5, 0.6) is 0 Å². The third kappa shape index (κ3) is 2.87. The van der Waals surface area contributed by atoms with Crippen LogP contribution in [-0.4, -0.2) is 9.97 Å². The zero-order chi connectivity index (χ0) is 11.2. The van der Waals surface area contributed by atoms with E-state index in [1.165, 1.54) is 5.56 Å². The lowest BCUT2D eigenvalue weighted by molar-refractivity contribution is 0.573. The van der Waals surface area contributed by atoms with Crippen molar-refractivity contribution in [3.05, 3.63) is 60.2 Å². The third-order valence-electron chi connectivity index (χ3n) is 2.53. The Balaban J connectivity index is 1.92. The van der Waals surface area contributed by atoms with Crippen molar-refractivity contribution in [2.75, 3.05) is 0 Å². The van der Waals surface area contributed by atoms with E-state index in [-0.39, 0.29) is 0 Å². The van der Waals surface area contributed by atoms with Gasteiger partial charge in [0.2, 0.25) is 0 Å². The Kier molecular flexibility index (Phi) is 3.62. The van der Waals surface area contributed by atoms with E-state index >= 15 is 0 Å². The molecule has 3 heteroatoms. The zero-order valence-electron chi connectivity index (χ0n) is 9.30. The first kappa shape index (κ1) is 10.8. The first-order chi connectivity index (χ1) is 7.86. The molecule has 1 atom stereocenters. The molecule has 0 saturated heterocycles. The summed E-state index contributed by atoms with van der Waals surface area (Å²) in [6, 6.07) is 10.7. The average Bonchev–Trinajstić information content (AvgIpc) is 2.38. The first-order valence-electron chi connectivity index (χ1n) is 5.38. The molecule has 16 heavy (non-hydrogen) atoms. The number of rotatable bonds is 4. The minimum Gasteiger partial charge on any atom is -0.306 e. The van der Waals surface area contributed by atoms with Crippen LogP contribution in [0.3, 0.4) is 0 Å². The van der Waals surface area contributed by atoms with Crippen molar-refractivity contribution < 1.29 is 0 Å². The molecule has 0 unspecified atom stereocenters. The van der Waals surface area contributed by atoms with Gasteiger partial charge in [0.05, 0.1) is 0 Å². The van der Waals surface area contributed by atoms with Crippen LogP contribution in [0.1, 0.15) is 24.1 Å². The van der Waals surface area contributed by atoms with E-state index < -0.39 is 0 Å². The van der Waals surface area contributed by atoms with Gasteiger partial charge in [-0.1, -0.05) is 30.3 Å². The minimum absolute atomic E-state index is 0.335. The van der Waals surface area contributed by atoms with E-state index in [0.29, 0.717) is 6.04 Å². The van der Waals surface area contributed by atoms with Crippen molar-refractivity contribution in [1.82, 2.24) is 15.3 Å². The molecular formula is C13H15N3. The van der Waals surface area contributed by atoms with Crippen LogP contribution >= 0.6 is 0 Å². The smallest absolute Gasteiger partial charge is 0.115 e. The molecule has 0 aliphatic rings. The molecule has 1 aromatic carbocycles. The maximum Gasteiger partial charge on any atom is 0.115 e. The Morgan fingerprint density at radius 1 is 1.12 bits per heavy atom. The van der Waals surface area contributed by atoms with Crippen LogP contribution in [-0.2, 0) is 6.54 Å². The van der Waals surface area contributed by atoms with Gasteiger partial charge in [-0.3, -0.25) is 0 Å². The van der Waals surface area contributed by atoms with Crippen molar-refractivity contribution in [1.29, 1.82) is 0 Å². The zero-order valence-corrected chi connectivity index (χ0v) is 9.30. The van der Waals surface area contributed by atoms with Gasteiger partial charge in [-0.2, -0.15) is 0 Å². The van der Waals surface area contributed by atoms with Gasteiger partial charge in [0.15, 0.2) is 0 Å². The topological polar surface area (TPSA) is 37.8 Å². The highest BCUT2D eigenvalue weighted by Crippen LogP contribution is 2.11. The van der Waals surface area contributed by atoms with Crippen LogP contribution in [0.15, 0.2) is 49.1 Å². The van der Waals surface area contributed by atoms with E-state index in [1.54, 1.807) is 6.33 Å². The van der Waals surface area contributed by atoms with Gasteiger partial charge in [0.1, 0.15) is 6.33 Å². The average molecular weight is 213 g/mol. The number of nitrogens with zero attached hydrogens (tertiary/aromatic N) is 2. The van der Waals surface area contributed by atoms with Crippen molar-refractivity contribution in [3.63, 3.8) is 0 Å². The molecule has 0 amide bonds. The second-order valence-electron chi connectivity index (χ2n) is 3.76. The Morgan fingerprint density at radius 3 is 2.50 bits per heavy atom. The summed E-state index contributed by atoms with van der Waals surface area (Å²) in [4.78, 5) is 7.97. The number of nitrogens with one attached hydrogen (secondary N) is 1. The lowest BCUT2D eigenvalue weighted by Gasteiger charge is -2.13. The fourth-order valence-corrected chi connectivity index (χ4v) is 1.55. The van der Waals surface area contributed by atoms with Crippen molar-refractivity contribution in [2.24, 2.45) is 0 Å². The Morgan fingerprint density at radius 2 is 1.81 bits per heavy atom. The highest BCUT2D eigenvalue weighted by Gasteiger charge is 2.03. The quantitative estimate of drug-likeness (QED) is 0.847. The molecule has 0 bridgehead atoms. The molecule has 0 spiro atoms. The highest BCUT2D eigenvalue weighted by molar-refractivity contribution is 5.18. The SMILES string of the molecule is C[C@@H](NCc1cncnc1)c1ccccc1. The van der Waals surface area contributed by atoms with Crippen molar-refractivity contribution in [3.8, 4) is 0 Å². The molecule has 0 aliphatic carbocycles. The molecule has 82 valence electrons. The standard InChI is InChI=1S/C13H15N3/c1-11(13-5-3-2-4-6-13)16-9-12-7-14-10-15-8-12/h2-8,10-11,16H,9H2,1H3/t11-/m1/s1. The van der Waals surface area contributed by atoms with E-state index in [1.807, 2.05) is 18.5 Å². The van der Waals surface area contributed by atoms with Crippen LogP contribution in [0.25, 0.3) is 0 Å². The maximum atomic E-state index is 3.98. The molecule has 0 saturated carbocycles. The summed E-state index contributed by atoms with van der Waals surface area (Å²) in [6.45, 7) is 2.94. The predicted octanol–water partition coefficient (Wildman–Crippen LogP) is 2.33. The normalized spacial score (nSPS) is 12.3. The third-order valence-corrected chi connectivity index (χ3v) is 2.53. The van der Waals surface area contributed by atoms with Crippen LogP contribution < -0.4 is 5.32 Å². The van der Waals surface area contributed by atoms with E-state index in [4.69, 9.17) is 0 Å². The Labute approximate surface area is 95.6 Å². The molecule has 2 aromatic rings. The number of aromatic nitrogens is 2. The monoisotopic (exact) mass is 213 g/mol. The first-order valence-corrected chi connectivity index (χ1v) is 5.38. The van der Waals surface area contributed by atoms with Gasteiger partial charge in [0, 0.05) is 30.5 Å². The van der Waals surface area contributed by atoms with Gasteiger partial charge >= 0.3 is 0 Å². The fraction of sp³-hybridized carbons (Fsp3) is 0.231. The molecule has 0 fully saturated rings. The van der Waals surface area contributed by atoms with Gasteiger partial charge in [0.25, 0.3) is 0 Å². The van der Waals surface area contributed by atoms with E-state index in [9.17, 15) is 0 Å². The summed E-state index contributed by atoms with van der Waals surface area (Å²) in [5, 5.41) is 3.44. The van der Waals surface area contributed by atoms with E-state index in [2.05, 4.69) is 46.5 Å². The largest absolute Gasteiger partial charge is 0.306 e. The van der Waals surface area contributed by atoms with Crippen molar-refractivity contribution >= 4 is 0 Å². The molecule has 1 heterocycles. The number of hydrogen-bond acceptors (Lipinski definition) is 3. The van der Waals surface area contributed by atoms with Crippen LogP contribution in [0.2, 0.25) is 0 Å². The summed E-state index contributed by atoms with van der Waals surface area (Å²) < 4.78 is 0. The molecular weight excluding hydrogens is 198 g/mol. The fourth-order valence-electron chi connectivity index (χ4n) is 1.55. The second kappa shape index (κ2) is 5.37. The van der Waals surface area contributed by atoms with Gasteiger partial charge in [-0.15, -0.1) is 0 Å². The minimum atomic E-state index is 0.335. The second-order valence-corrected chi connectivity index (χ2v) is 3.76. The van der Waals surface area contributed by atoms with E-state index in [0.717, 1.165) is 12.1 Å². The molecule has 2 rings (SSSR count). The molecule has 0 radical (unpaired) electrons. The van der Waals surface area contributed by atoms with Crippen molar-refractivity contribution in [2.45, 2.75) is 19.5 Å². The van der Waals surface area contributed by atoms with Gasteiger partial charge in [-0.25, -0.2) is 9.97 Å². The summed E-state index contributed by atoms with van der Waals surface area (Å²) in [7, 11) is 0. The molecule has 1 N–H and O–H groups in total. The lowest BCUT2D eigenvalue weighted by atomic mass is 10.1. The summed E-state index contributed by atoms with van der Waals surface area (Å²) in [5.41, 5.74) is 2.39. The number of hydrogen-bond donors (Lipinski definition) is 1. The number of benzene rings is 1. The maximum absolute atomic E-state index is 3.98. The van der Waals surface area contributed by atoms with Crippen LogP contribution in [0, 0.1) is 0 Å². The Bertz CT molecular complexity index is 414. The Hall–Kier alpha value is -1.74. The molecule has 1 aromatic heterocycles. The van der Waals surface area contributed by atoms with Crippen LogP contribution in [0.4, 0.5) is 0 Å². The highest BCUT2D eigenvalue weighted by atomic mass is 14.9. The summed E-state index contributed by atoms with van der Waals surface area (Å²) in [6.07, 6.45) is 5.21.